The zero-order chi connectivity index (χ0) is 16.0. The molecule has 0 atom stereocenters. The molecular formula is C21H22SSn. The van der Waals surface area contributed by atoms with Crippen LogP contribution in [-0.4, -0.2) is 24.1 Å². The van der Waals surface area contributed by atoms with Crippen LogP contribution in [0.4, 0.5) is 0 Å². The van der Waals surface area contributed by atoms with Gasteiger partial charge in [-0.3, -0.25) is 0 Å². The van der Waals surface area contributed by atoms with E-state index >= 15 is 0 Å². The number of thiol groups is 1. The zero-order valence-electron chi connectivity index (χ0n) is 13.2. The fourth-order valence-electron chi connectivity index (χ4n) is 3.45. The first kappa shape index (κ1) is 16.7. The number of hydrogen-bond acceptors (Lipinski definition) is 1. The Bertz CT molecular complexity index is 614. The molecule has 0 aromatic heterocycles. The summed E-state index contributed by atoms with van der Waals surface area (Å²) in [5, 5.41) is 0. The van der Waals surface area contributed by atoms with E-state index in [1.807, 2.05) is 0 Å². The van der Waals surface area contributed by atoms with Crippen molar-refractivity contribution in [1.82, 2.24) is 0 Å². The quantitative estimate of drug-likeness (QED) is 0.454. The van der Waals surface area contributed by atoms with Crippen LogP contribution in [0.3, 0.4) is 0 Å². The Morgan fingerprint density at radius 1 is 0.565 bits per heavy atom. The molecule has 0 amide bonds. The summed E-state index contributed by atoms with van der Waals surface area (Å²) in [5.74, 6) is 0.950. The van der Waals surface area contributed by atoms with Gasteiger partial charge in [0.25, 0.3) is 0 Å². The third-order valence-electron chi connectivity index (χ3n) is 4.51. The second-order valence-electron chi connectivity index (χ2n) is 5.83. The first-order valence-electron chi connectivity index (χ1n) is 8.15. The monoisotopic (exact) mass is 426 g/mol. The van der Waals surface area contributed by atoms with Gasteiger partial charge in [-0.05, 0) is 0 Å². The number of hydrogen-bond donors (Lipinski definition) is 1. The third kappa shape index (κ3) is 3.51. The Morgan fingerprint density at radius 3 is 1.22 bits per heavy atom. The van der Waals surface area contributed by atoms with Crippen LogP contribution in [0.15, 0.2) is 91.0 Å². The Morgan fingerprint density at radius 2 is 0.913 bits per heavy atom. The van der Waals surface area contributed by atoms with Crippen molar-refractivity contribution in [1.29, 1.82) is 0 Å². The van der Waals surface area contributed by atoms with Crippen LogP contribution in [0, 0.1) is 0 Å². The molecule has 0 unspecified atom stereocenters. The summed E-state index contributed by atoms with van der Waals surface area (Å²) >= 11 is 1.55. The van der Waals surface area contributed by atoms with Gasteiger partial charge in [-0.15, -0.1) is 0 Å². The molecule has 3 rings (SSSR count). The van der Waals surface area contributed by atoms with Crippen LogP contribution >= 0.6 is 12.6 Å². The molecule has 0 bridgehead atoms. The van der Waals surface area contributed by atoms with E-state index < -0.39 is 18.4 Å². The van der Waals surface area contributed by atoms with Gasteiger partial charge in [-0.2, -0.15) is 0 Å². The molecule has 23 heavy (non-hydrogen) atoms. The van der Waals surface area contributed by atoms with Gasteiger partial charge >= 0.3 is 149 Å². The molecule has 0 spiro atoms. The van der Waals surface area contributed by atoms with E-state index in [2.05, 4.69) is 104 Å². The summed E-state index contributed by atoms with van der Waals surface area (Å²) in [7, 11) is 0. The summed E-state index contributed by atoms with van der Waals surface area (Å²) in [4.78, 5) is 0. The molecule has 2 heteroatoms. The Hall–Kier alpha value is -1.19. The molecule has 0 fully saturated rings. The number of rotatable bonds is 6. The van der Waals surface area contributed by atoms with E-state index in [9.17, 15) is 0 Å². The molecule has 116 valence electrons. The molecule has 0 saturated heterocycles. The van der Waals surface area contributed by atoms with E-state index in [4.69, 9.17) is 0 Å². The Kier molecular flexibility index (Phi) is 5.85. The first-order valence-corrected chi connectivity index (χ1v) is 15.1. The normalized spacial score (nSPS) is 11.3. The average molecular weight is 425 g/mol. The molecule has 0 heterocycles. The zero-order valence-corrected chi connectivity index (χ0v) is 17.0. The summed E-state index contributed by atoms with van der Waals surface area (Å²) in [5.41, 5.74) is 0. The first-order chi connectivity index (χ1) is 11.4. The van der Waals surface area contributed by atoms with E-state index in [1.54, 1.807) is 10.7 Å². The second kappa shape index (κ2) is 8.07. The minimum atomic E-state index is -2.95. The predicted octanol–water partition coefficient (Wildman–Crippen LogP) is 3.48. The van der Waals surface area contributed by atoms with Gasteiger partial charge < -0.3 is 0 Å². The second-order valence-corrected chi connectivity index (χ2v) is 17.8. The van der Waals surface area contributed by atoms with Crippen LogP contribution in [-0.2, 0) is 0 Å². The van der Waals surface area contributed by atoms with Crippen LogP contribution in [0.2, 0.25) is 4.44 Å². The van der Waals surface area contributed by atoms with E-state index in [0.717, 1.165) is 12.2 Å². The predicted molar refractivity (Wildman–Crippen MR) is 107 cm³/mol. The van der Waals surface area contributed by atoms with Crippen molar-refractivity contribution in [3.8, 4) is 0 Å². The summed E-state index contributed by atoms with van der Waals surface area (Å²) in [6.07, 6.45) is 1.16. The van der Waals surface area contributed by atoms with Gasteiger partial charge in [0, 0.05) is 0 Å². The molecule has 0 aliphatic heterocycles. The number of benzene rings is 3. The summed E-state index contributed by atoms with van der Waals surface area (Å²) in [6, 6.07) is 33.5. The fourth-order valence-corrected chi connectivity index (χ4v) is 18.3. The SMILES string of the molecule is SCC[CH2][Sn]([c]1ccccc1)([c]1ccccc1)[c]1ccccc1. The fraction of sp³-hybridized carbons (Fsp3) is 0.143. The van der Waals surface area contributed by atoms with Crippen LogP contribution in [0.25, 0.3) is 0 Å². The van der Waals surface area contributed by atoms with Crippen molar-refractivity contribution in [2.45, 2.75) is 10.9 Å². The molecular weight excluding hydrogens is 403 g/mol. The molecule has 0 aliphatic rings. The standard InChI is InChI=1S/3C6H5.C3H7S.Sn/c3*1-2-4-6-5-3-1;1-2-3-4;/h3*1-5H;4H,1-3H2;. The maximum absolute atomic E-state index is 4.50. The Balaban J connectivity index is 2.25. The van der Waals surface area contributed by atoms with Crippen LogP contribution in [0.1, 0.15) is 6.42 Å². The van der Waals surface area contributed by atoms with Gasteiger partial charge in [0.05, 0.1) is 0 Å². The molecule has 0 saturated carbocycles. The molecule has 3 aromatic carbocycles. The van der Waals surface area contributed by atoms with Gasteiger partial charge in [-0.1, -0.05) is 0 Å². The molecule has 0 nitrogen and oxygen atoms in total. The van der Waals surface area contributed by atoms with Gasteiger partial charge in [0.1, 0.15) is 0 Å². The molecule has 0 radical (unpaired) electrons. The van der Waals surface area contributed by atoms with Gasteiger partial charge in [0.2, 0.25) is 0 Å². The maximum atomic E-state index is 4.50. The van der Waals surface area contributed by atoms with Crippen molar-refractivity contribution in [2.24, 2.45) is 0 Å². The average Bonchev–Trinajstić information content (AvgIpc) is 2.65. The molecule has 0 N–H and O–H groups in total. The van der Waals surface area contributed by atoms with Crippen molar-refractivity contribution in [3.63, 3.8) is 0 Å². The van der Waals surface area contributed by atoms with E-state index in [1.165, 1.54) is 4.44 Å². The molecule has 0 aliphatic carbocycles. The van der Waals surface area contributed by atoms with Crippen molar-refractivity contribution in [2.75, 3.05) is 5.75 Å². The van der Waals surface area contributed by atoms with E-state index in [-0.39, 0.29) is 0 Å². The molecule has 3 aromatic rings. The van der Waals surface area contributed by atoms with Crippen molar-refractivity contribution in [3.05, 3.63) is 91.0 Å². The summed E-state index contributed by atoms with van der Waals surface area (Å²) in [6.45, 7) is 0. The Labute approximate surface area is 148 Å². The summed E-state index contributed by atoms with van der Waals surface area (Å²) < 4.78 is 5.93. The minimum absolute atomic E-state index is 0.950. The topological polar surface area (TPSA) is 0 Å². The third-order valence-corrected chi connectivity index (χ3v) is 19.3. The van der Waals surface area contributed by atoms with Gasteiger partial charge in [0.15, 0.2) is 0 Å². The van der Waals surface area contributed by atoms with E-state index in [0.29, 0.717) is 0 Å². The van der Waals surface area contributed by atoms with Crippen LogP contribution in [0.5, 0.6) is 0 Å². The van der Waals surface area contributed by atoms with Crippen molar-refractivity contribution >= 4 is 41.7 Å². The van der Waals surface area contributed by atoms with Gasteiger partial charge in [-0.25, -0.2) is 0 Å². The van der Waals surface area contributed by atoms with Crippen LogP contribution < -0.4 is 10.7 Å². The van der Waals surface area contributed by atoms with Crippen molar-refractivity contribution < 1.29 is 0 Å².